The van der Waals surface area contributed by atoms with Crippen LogP contribution in [0.5, 0.6) is 0 Å². The van der Waals surface area contributed by atoms with E-state index >= 15 is 0 Å². The van der Waals surface area contributed by atoms with Crippen LogP contribution in [0.4, 0.5) is 0 Å². The molecule has 0 aliphatic carbocycles. The van der Waals surface area contributed by atoms with Gasteiger partial charge in [0, 0.05) is 18.7 Å². The SMILES string of the molecule is Cc1ccc([C@H](C)NC(=O)c2cccc(-c3ccc(S(=O)(=O)N4CCCCC4)cc3)c2)cc1. The van der Waals surface area contributed by atoms with Crippen molar-refractivity contribution >= 4 is 15.9 Å². The molecule has 1 aliphatic heterocycles. The van der Waals surface area contributed by atoms with Gasteiger partial charge in [0.25, 0.3) is 5.91 Å². The predicted molar refractivity (Wildman–Crippen MR) is 132 cm³/mol. The zero-order valence-corrected chi connectivity index (χ0v) is 19.9. The Labute approximate surface area is 196 Å². The molecule has 3 aromatic carbocycles. The average molecular weight is 463 g/mol. The number of nitrogens with zero attached hydrogens (tertiary/aromatic N) is 1. The van der Waals surface area contributed by atoms with Crippen LogP contribution in [-0.4, -0.2) is 31.7 Å². The summed E-state index contributed by atoms with van der Waals surface area (Å²) >= 11 is 0. The van der Waals surface area contributed by atoms with Crippen LogP contribution in [0.2, 0.25) is 0 Å². The Kier molecular flexibility index (Phi) is 6.96. The number of carbonyl (C=O) groups excluding carboxylic acids is 1. The topological polar surface area (TPSA) is 66.5 Å². The molecule has 4 rings (SSSR count). The Hall–Kier alpha value is -2.96. The summed E-state index contributed by atoms with van der Waals surface area (Å²) in [6.45, 7) is 5.17. The highest BCUT2D eigenvalue weighted by atomic mass is 32.2. The normalized spacial score (nSPS) is 15.7. The lowest BCUT2D eigenvalue weighted by molar-refractivity contribution is 0.0940. The maximum atomic E-state index is 12.9. The number of hydrogen-bond acceptors (Lipinski definition) is 3. The molecule has 3 aromatic rings. The van der Waals surface area contributed by atoms with Crippen LogP contribution in [0.1, 0.15) is 53.7 Å². The summed E-state index contributed by atoms with van der Waals surface area (Å²) in [5.74, 6) is -0.144. The fourth-order valence-electron chi connectivity index (χ4n) is 4.13. The van der Waals surface area contributed by atoms with Crippen molar-refractivity contribution in [1.29, 1.82) is 0 Å². The summed E-state index contributed by atoms with van der Waals surface area (Å²) in [5.41, 5.74) is 4.54. The molecule has 172 valence electrons. The van der Waals surface area contributed by atoms with Gasteiger partial charge >= 0.3 is 0 Å². The number of piperidine rings is 1. The lowest BCUT2D eigenvalue weighted by atomic mass is 10.0. The molecule has 0 radical (unpaired) electrons. The van der Waals surface area contributed by atoms with Crippen LogP contribution in [0.3, 0.4) is 0 Å². The fraction of sp³-hybridized carbons (Fsp3) is 0.296. The summed E-state index contributed by atoms with van der Waals surface area (Å²) < 4.78 is 27.4. The van der Waals surface area contributed by atoms with Crippen molar-refractivity contribution < 1.29 is 13.2 Å². The van der Waals surface area contributed by atoms with Gasteiger partial charge in [-0.05, 0) is 67.6 Å². The minimum Gasteiger partial charge on any atom is -0.346 e. The quantitative estimate of drug-likeness (QED) is 0.539. The summed E-state index contributed by atoms with van der Waals surface area (Å²) in [6.07, 6.45) is 2.90. The molecule has 5 nitrogen and oxygen atoms in total. The molecular weight excluding hydrogens is 432 g/mol. The van der Waals surface area contributed by atoms with Gasteiger partial charge in [0.2, 0.25) is 10.0 Å². The van der Waals surface area contributed by atoms with Gasteiger partial charge in [0.05, 0.1) is 10.9 Å². The van der Waals surface area contributed by atoms with Gasteiger partial charge in [-0.15, -0.1) is 0 Å². The van der Waals surface area contributed by atoms with Gasteiger partial charge in [0.1, 0.15) is 0 Å². The number of carbonyl (C=O) groups is 1. The molecular formula is C27H30N2O3S. The van der Waals surface area contributed by atoms with E-state index < -0.39 is 10.0 Å². The second kappa shape index (κ2) is 9.89. The molecule has 6 heteroatoms. The minimum absolute atomic E-state index is 0.110. The average Bonchev–Trinajstić information content (AvgIpc) is 2.85. The molecule has 0 bridgehead atoms. The van der Waals surface area contributed by atoms with E-state index in [1.165, 1.54) is 5.56 Å². The van der Waals surface area contributed by atoms with E-state index in [4.69, 9.17) is 0 Å². The van der Waals surface area contributed by atoms with E-state index in [1.807, 2.05) is 68.4 Å². The molecule has 1 aliphatic rings. The van der Waals surface area contributed by atoms with Crippen molar-refractivity contribution in [1.82, 2.24) is 9.62 Å². The number of aryl methyl sites for hydroxylation is 1. The number of amides is 1. The molecule has 1 amide bonds. The van der Waals surface area contributed by atoms with E-state index in [-0.39, 0.29) is 11.9 Å². The standard InChI is InChI=1S/C27H30N2O3S/c1-20-9-11-22(12-10-20)21(2)28-27(30)25-8-6-7-24(19-25)23-13-15-26(16-14-23)33(31,32)29-17-4-3-5-18-29/h6-16,19,21H,3-5,17-18H2,1-2H3,(H,28,30)/t21-/m0/s1. The lowest BCUT2D eigenvalue weighted by Gasteiger charge is -2.25. The van der Waals surface area contributed by atoms with Crippen molar-refractivity contribution in [3.63, 3.8) is 0 Å². The first-order valence-electron chi connectivity index (χ1n) is 11.4. The maximum Gasteiger partial charge on any atom is 0.251 e. The fourth-order valence-corrected chi connectivity index (χ4v) is 5.65. The zero-order valence-electron chi connectivity index (χ0n) is 19.1. The van der Waals surface area contributed by atoms with Crippen molar-refractivity contribution in [2.75, 3.05) is 13.1 Å². The third kappa shape index (κ3) is 5.34. The molecule has 0 aromatic heterocycles. The first kappa shape index (κ1) is 23.2. The molecule has 33 heavy (non-hydrogen) atoms. The lowest BCUT2D eigenvalue weighted by Crippen LogP contribution is -2.35. The van der Waals surface area contributed by atoms with Crippen molar-refractivity contribution in [2.24, 2.45) is 0 Å². The van der Waals surface area contributed by atoms with E-state index in [9.17, 15) is 13.2 Å². The molecule has 0 saturated carbocycles. The molecule has 1 saturated heterocycles. The highest BCUT2D eigenvalue weighted by molar-refractivity contribution is 7.89. The largest absolute Gasteiger partial charge is 0.346 e. The first-order chi connectivity index (χ1) is 15.8. The molecule has 1 heterocycles. The van der Waals surface area contributed by atoms with Gasteiger partial charge in [-0.2, -0.15) is 4.31 Å². The molecule has 0 spiro atoms. The van der Waals surface area contributed by atoms with Crippen LogP contribution in [0.15, 0.2) is 77.7 Å². The second-order valence-electron chi connectivity index (χ2n) is 8.68. The third-order valence-corrected chi connectivity index (χ3v) is 8.10. The zero-order chi connectivity index (χ0) is 23.4. The van der Waals surface area contributed by atoms with Gasteiger partial charge in [-0.1, -0.05) is 60.5 Å². The second-order valence-corrected chi connectivity index (χ2v) is 10.6. The van der Waals surface area contributed by atoms with Crippen LogP contribution in [0, 0.1) is 6.92 Å². The monoisotopic (exact) mass is 462 g/mol. The molecule has 1 fully saturated rings. The van der Waals surface area contributed by atoms with Crippen molar-refractivity contribution in [2.45, 2.75) is 44.0 Å². The van der Waals surface area contributed by atoms with Gasteiger partial charge < -0.3 is 5.32 Å². The van der Waals surface area contributed by atoms with E-state index in [0.29, 0.717) is 23.5 Å². The van der Waals surface area contributed by atoms with Crippen LogP contribution >= 0.6 is 0 Å². The highest BCUT2D eigenvalue weighted by Crippen LogP contribution is 2.25. The Morgan fingerprint density at radius 1 is 0.879 bits per heavy atom. The Morgan fingerprint density at radius 2 is 1.55 bits per heavy atom. The van der Waals surface area contributed by atoms with E-state index in [2.05, 4.69) is 5.32 Å². The smallest absolute Gasteiger partial charge is 0.251 e. The summed E-state index contributed by atoms with van der Waals surface area (Å²) in [5, 5.41) is 3.05. The number of hydrogen-bond donors (Lipinski definition) is 1. The Balaban J connectivity index is 1.49. The number of benzene rings is 3. The van der Waals surface area contributed by atoms with Crippen LogP contribution in [0.25, 0.3) is 11.1 Å². The third-order valence-electron chi connectivity index (χ3n) is 6.19. The maximum absolute atomic E-state index is 12.9. The van der Waals surface area contributed by atoms with Crippen molar-refractivity contribution in [3.05, 3.63) is 89.5 Å². The molecule has 1 N–H and O–H groups in total. The number of nitrogens with one attached hydrogen (secondary N) is 1. The van der Waals surface area contributed by atoms with E-state index in [1.54, 1.807) is 22.5 Å². The first-order valence-corrected chi connectivity index (χ1v) is 12.9. The summed E-state index contributed by atoms with van der Waals surface area (Å²) in [4.78, 5) is 13.2. The molecule has 0 unspecified atom stereocenters. The van der Waals surface area contributed by atoms with Gasteiger partial charge in [0.15, 0.2) is 0 Å². The summed E-state index contributed by atoms with van der Waals surface area (Å²) in [6, 6.07) is 22.3. The summed E-state index contributed by atoms with van der Waals surface area (Å²) in [7, 11) is -3.46. The predicted octanol–water partition coefficient (Wildman–Crippen LogP) is 5.33. The van der Waals surface area contributed by atoms with Crippen molar-refractivity contribution in [3.8, 4) is 11.1 Å². The van der Waals surface area contributed by atoms with Crippen LogP contribution in [-0.2, 0) is 10.0 Å². The van der Waals surface area contributed by atoms with Gasteiger partial charge in [-0.25, -0.2) is 8.42 Å². The van der Waals surface area contributed by atoms with E-state index in [0.717, 1.165) is 36.0 Å². The number of sulfonamides is 1. The number of rotatable bonds is 6. The minimum atomic E-state index is -3.46. The highest BCUT2D eigenvalue weighted by Gasteiger charge is 2.25. The van der Waals surface area contributed by atoms with Crippen LogP contribution < -0.4 is 5.32 Å². The molecule has 1 atom stereocenters. The Morgan fingerprint density at radius 3 is 2.21 bits per heavy atom. The Bertz CT molecular complexity index is 1210. The van der Waals surface area contributed by atoms with Gasteiger partial charge in [-0.3, -0.25) is 4.79 Å².